The number of carbonyl (C=O) groups is 1. The molecule has 1 atom stereocenters. The summed E-state index contributed by atoms with van der Waals surface area (Å²) in [5.41, 5.74) is 0.213. The minimum Gasteiger partial charge on any atom is -0.291 e. The van der Waals surface area contributed by atoms with Gasteiger partial charge in [0.05, 0.1) is 5.75 Å². The van der Waals surface area contributed by atoms with Crippen molar-refractivity contribution in [2.24, 2.45) is 0 Å². The minimum absolute atomic E-state index is 0.200. The van der Waals surface area contributed by atoms with Gasteiger partial charge >= 0.3 is 0 Å². The minimum atomic E-state index is -3.67. The molecule has 0 aliphatic rings. The third kappa shape index (κ3) is 3.90. The van der Waals surface area contributed by atoms with Gasteiger partial charge in [0.15, 0.2) is 5.78 Å². The van der Waals surface area contributed by atoms with Crippen LogP contribution in [0, 0.1) is 5.82 Å². The third-order valence-electron chi connectivity index (χ3n) is 2.14. The average Bonchev–Trinajstić information content (AvgIpc) is 2.28. The van der Waals surface area contributed by atoms with Crippen LogP contribution in [-0.4, -0.2) is 26.1 Å². The van der Waals surface area contributed by atoms with Gasteiger partial charge in [-0.05, 0) is 38.1 Å². The van der Waals surface area contributed by atoms with Crippen molar-refractivity contribution in [3.05, 3.63) is 35.6 Å². The number of hydrogen-bond donors (Lipinski definition) is 0. The highest BCUT2D eigenvalue weighted by Gasteiger charge is 2.21. The van der Waals surface area contributed by atoms with E-state index in [-0.39, 0.29) is 11.3 Å². The molecule has 6 heteroatoms. The van der Waals surface area contributed by atoms with Gasteiger partial charge in [-0.1, -0.05) is 0 Å². The van der Waals surface area contributed by atoms with E-state index < -0.39 is 27.8 Å². The molecule has 17 heavy (non-hydrogen) atoms. The molecule has 1 aromatic rings. The first kappa shape index (κ1) is 13.8. The maximum Gasteiger partial charge on any atom is 0.267 e. The van der Waals surface area contributed by atoms with Crippen molar-refractivity contribution >= 4 is 15.9 Å². The number of rotatable bonds is 5. The molecular formula is C11H13FO4S. The highest BCUT2D eigenvalue weighted by molar-refractivity contribution is 7.86. The Morgan fingerprint density at radius 3 is 2.35 bits per heavy atom. The van der Waals surface area contributed by atoms with Crippen molar-refractivity contribution in [1.29, 1.82) is 0 Å². The molecule has 0 radical (unpaired) electrons. The van der Waals surface area contributed by atoms with E-state index in [1.807, 2.05) is 0 Å². The molecule has 0 fully saturated rings. The summed E-state index contributed by atoms with van der Waals surface area (Å²) in [7, 11) is -3.67. The number of hydrogen-bond acceptors (Lipinski definition) is 4. The number of carbonyl (C=O) groups excluding carboxylic acids is 1. The summed E-state index contributed by atoms with van der Waals surface area (Å²) in [6.07, 6.45) is -1.11. The summed E-state index contributed by atoms with van der Waals surface area (Å²) in [5.74, 6) is -1.16. The molecular weight excluding hydrogens is 247 g/mol. The fourth-order valence-corrected chi connectivity index (χ4v) is 1.84. The second-order valence-corrected chi connectivity index (χ2v) is 5.34. The van der Waals surface area contributed by atoms with Crippen LogP contribution in [0.15, 0.2) is 24.3 Å². The van der Waals surface area contributed by atoms with Crippen molar-refractivity contribution < 1.29 is 21.8 Å². The molecule has 0 saturated heterocycles. The van der Waals surface area contributed by atoms with E-state index in [1.54, 1.807) is 0 Å². The molecule has 0 aromatic heterocycles. The SMILES string of the molecule is CCS(=O)(=O)O[C@H](C)C(=O)c1ccc(F)cc1. The van der Waals surface area contributed by atoms with Crippen LogP contribution in [0.25, 0.3) is 0 Å². The second kappa shape index (κ2) is 5.37. The van der Waals surface area contributed by atoms with Gasteiger partial charge in [0.25, 0.3) is 10.1 Å². The zero-order valence-electron chi connectivity index (χ0n) is 9.51. The molecule has 4 nitrogen and oxygen atoms in total. The molecule has 94 valence electrons. The van der Waals surface area contributed by atoms with Gasteiger partial charge in [-0.3, -0.25) is 8.98 Å². The van der Waals surface area contributed by atoms with E-state index in [0.29, 0.717) is 0 Å². The molecule has 0 N–H and O–H groups in total. The maximum atomic E-state index is 12.6. The third-order valence-corrected chi connectivity index (χ3v) is 3.43. The van der Waals surface area contributed by atoms with Gasteiger partial charge in [0.2, 0.25) is 0 Å². The van der Waals surface area contributed by atoms with Crippen LogP contribution < -0.4 is 0 Å². The lowest BCUT2D eigenvalue weighted by Crippen LogP contribution is -2.25. The molecule has 0 spiro atoms. The first-order valence-electron chi connectivity index (χ1n) is 5.06. The van der Waals surface area contributed by atoms with Gasteiger partial charge in [0.1, 0.15) is 11.9 Å². The van der Waals surface area contributed by atoms with E-state index in [1.165, 1.54) is 26.0 Å². The number of benzene rings is 1. The molecule has 0 heterocycles. The van der Waals surface area contributed by atoms with Crippen molar-refractivity contribution in [2.45, 2.75) is 20.0 Å². The molecule has 0 aliphatic heterocycles. The van der Waals surface area contributed by atoms with Gasteiger partial charge in [-0.2, -0.15) is 8.42 Å². The van der Waals surface area contributed by atoms with Crippen LogP contribution >= 0.6 is 0 Å². The highest BCUT2D eigenvalue weighted by atomic mass is 32.2. The predicted molar refractivity (Wildman–Crippen MR) is 60.7 cm³/mol. The Hall–Kier alpha value is -1.27. The Morgan fingerprint density at radius 2 is 1.88 bits per heavy atom. The maximum absolute atomic E-state index is 12.6. The van der Waals surface area contributed by atoms with E-state index in [2.05, 4.69) is 4.18 Å². The van der Waals surface area contributed by atoms with Crippen LogP contribution in [-0.2, 0) is 14.3 Å². The standard InChI is InChI=1S/C11H13FO4S/c1-3-17(14,15)16-8(2)11(13)9-4-6-10(12)7-5-9/h4-8H,3H2,1-2H3/t8-/m1/s1. The normalized spacial score (nSPS) is 13.4. The molecule has 0 amide bonds. The summed E-state index contributed by atoms with van der Waals surface area (Å²) in [5, 5.41) is 0. The monoisotopic (exact) mass is 260 g/mol. The second-order valence-electron chi connectivity index (χ2n) is 3.46. The van der Waals surface area contributed by atoms with Crippen LogP contribution in [0.2, 0.25) is 0 Å². The van der Waals surface area contributed by atoms with Crippen molar-refractivity contribution in [3.63, 3.8) is 0 Å². The highest BCUT2D eigenvalue weighted by Crippen LogP contribution is 2.10. The topological polar surface area (TPSA) is 60.4 Å². The Kier molecular flexibility index (Phi) is 4.36. The van der Waals surface area contributed by atoms with Crippen LogP contribution in [0.3, 0.4) is 0 Å². The Morgan fingerprint density at radius 1 is 1.35 bits per heavy atom. The van der Waals surface area contributed by atoms with Gasteiger partial charge in [-0.25, -0.2) is 4.39 Å². The lowest BCUT2D eigenvalue weighted by atomic mass is 10.1. The zero-order valence-corrected chi connectivity index (χ0v) is 10.3. The Bertz CT molecular complexity index is 493. The van der Waals surface area contributed by atoms with Crippen molar-refractivity contribution in [2.75, 3.05) is 5.75 Å². The number of halogens is 1. The molecule has 0 aliphatic carbocycles. The number of ketones is 1. The van der Waals surface area contributed by atoms with Crippen LogP contribution in [0.4, 0.5) is 4.39 Å². The smallest absolute Gasteiger partial charge is 0.267 e. The first-order valence-corrected chi connectivity index (χ1v) is 6.64. The average molecular weight is 260 g/mol. The van der Waals surface area contributed by atoms with Crippen LogP contribution in [0.1, 0.15) is 24.2 Å². The van der Waals surface area contributed by atoms with E-state index in [4.69, 9.17) is 0 Å². The molecule has 0 bridgehead atoms. The van der Waals surface area contributed by atoms with Crippen molar-refractivity contribution in [3.8, 4) is 0 Å². The van der Waals surface area contributed by atoms with Gasteiger partial charge < -0.3 is 0 Å². The fraction of sp³-hybridized carbons (Fsp3) is 0.364. The quantitative estimate of drug-likeness (QED) is 0.598. The van der Waals surface area contributed by atoms with E-state index >= 15 is 0 Å². The summed E-state index contributed by atoms with van der Waals surface area (Å²) in [6, 6.07) is 4.84. The first-order chi connectivity index (χ1) is 7.85. The zero-order chi connectivity index (χ0) is 13.1. The largest absolute Gasteiger partial charge is 0.291 e. The van der Waals surface area contributed by atoms with Gasteiger partial charge in [0, 0.05) is 5.56 Å². The summed E-state index contributed by atoms with van der Waals surface area (Å²) < 4.78 is 39.6. The summed E-state index contributed by atoms with van der Waals surface area (Å²) >= 11 is 0. The predicted octanol–water partition coefficient (Wildman–Crippen LogP) is 1.76. The lowest BCUT2D eigenvalue weighted by Gasteiger charge is -2.10. The molecule has 1 rings (SSSR count). The van der Waals surface area contributed by atoms with E-state index in [9.17, 15) is 17.6 Å². The van der Waals surface area contributed by atoms with E-state index in [0.717, 1.165) is 12.1 Å². The molecule has 0 unspecified atom stereocenters. The lowest BCUT2D eigenvalue weighted by molar-refractivity contribution is 0.0826. The Balaban J connectivity index is 2.80. The summed E-state index contributed by atoms with van der Waals surface area (Å²) in [6.45, 7) is 2.77. The van der Waals surface area contributed by atoms with Crippen molar-refractivity contribution in [1.82, 2.24) is 0 Å². The molecule has 1 aromatic carbocycles. The Labute approximate surface area is 99.5 Å². The number of Topliss-reactive ketones (excluding diaryl/α,β-unsaturated/α-hetero) is 1. The molecule has 0 saturated carbocycles. The van der Waals surface area contributed by atoms with Gasteiger partial charge in [-0.15, -0.1) is 0 Å². The summed E-state index contributed by atoms with van der Waals surface area (Å²) in [4.78, 5) is 11.7. The fourth-order valence-electron chi connectivity index (χ4n) is 1.18. The van der Waals surface area contributed by atoms with Crippen LogP contribution in [0.5, 0.6) is 0 Å².